The minimum atomic E-state index is -0.859. The Morgan fingerprint density at radius 3 is 2.44 bits per heavy atom. The van der Waals surface area contributed by atoms with Gasteiger partial charge < -0.3 is 24.6 Å². The Morgan fingerprint density at radius 1 is 1.38 bits per heavy atom. The van der Waals surface area contributed by atoms with E-state index in [2.05, 4.69) is 5.32 Å². The Hall–Kier alpha value is -0.690. The molecule has 1 amide bonds. The lowest BCUT2D eigenvalue weighted by Gasteiger charge is -2.42. The number of carbonyl (C=O) groups excluding carboxylic acids is 1. The molecule has 1 rings (SSSR count). The molecule has 94 valence electrons. The number of methoxy groups -OCH3 is 2. The van der Waals surface area contributed by atoms with Crippen molar-refractivity contribution in [1.82, 2.24) is 5.32 Å². The van der Waals surface area contributed by atoms with Gasteiger partial charge in [-0.1, -0.05) is 0 Å². The highest BCUT2D eigenvalue weighted by molar-refractivity contribution is 5.73. The summed E-state index contributed by atoms with van der Waals surface area (Å²) in [5.41, 5.74) is 0. The van der Waals surface area contributed by atoms with E-state index in [0.717, 1.165) is 0 Å². The van der Waals surface area contributed by atoms with Crippen molar-refractivity contribution in [3.8, 4) is 0 Å². The monoisotopic (exact) mass is 233 g/mol. The molecule has 2 N–H and O–H groups in total. The fourth-order valence-corrected chi connectivity index (χ4v) is 1.94. The van der Waals surface area contributed by atoms with Crippen molar-refractivity contribution < 1.29 is 24.1 Å². The standard InChI is InChI=1S/C10H19NO5/c1-5-9(14-3)8(13)7(11-6(2)12)10(15-4)16-5/h5,7-10,13H,1-4H3,(H,11,12). The summed E-state index contributed by atoms with van der Waals surface area (Å²) in [6.07, 6.45) is -2.30. The van der Waals surface area contributed by atoms with Gasteiger partial charge in [-0.2, -0.15) is 0 Å². The summed E-state index contributed by atoms with van der Waals surface area (Å²) in [6.45, 7) is 3.16. The van der Waals surface area contributed by atoms with E-state index in [-0.39, 0.29) is 12.0 Å². The molecule has 1 aliphatic heterocycles. The molecule has 0 aromatic carbocycles. The summed E-state index contributed by atoms with van der Waals surface area (Å²) in [7, 11) is 2.96. The number of aliphatic hydroxyl groups excluding tert-OH is 1. The van der Waals surface area contributed by atoms with Crippen molar-refractivity contribution in [3.05, 3.63) is 0 Å². The summed E-state index contributed by atoms with van der Waals surface area (Å²) in [5, 5.41) is 12.6. The van der Waals surface area contributed by atoms with Crippen LogP contribution >= 0.6 is 0 Å². The van der Waals surface area contributed by atoms with Gasteiger partial charge in [-0.15, -0.1) is 0 Å². The molecule has 16 heavy (non-hydrogen) atoms. The highest BCUT2D eigenvalue weighted by Gasteiger charge is 2.44. The first-order valence-electron chi connectivity index (χ1n) is 5.17. The third-order valence-electron chi connectivity index (χ3n) is 2.68. The Kier molecular flexibility index (Phi) is 4.67. The van der Waals surface area contributed by atoms with E-state index < -0.39 is 24.5 Å². The SMILES string of the molecule is COC1OC(C)C(OC)C(O)C1NC(C)=O. The molecule has 0 aromatic heterocycles. The molecular formula is C10H19NO5. The lowest BCUT2D eigenvalue weighted by Crippen LogP contribution is -2.63. The predicted octanol–water partition coefficient (Wildman–Crippen LogP) is -0.742. The van der Waals surface area contributed by atoms with Gasteiger partial charge in [0.15, 0.2) is 6.29 Å². The van der Waals surface area contributed by atoms with Crippen molar-refractivity contribution in [2.45, 2.75) is 44.5 Å². The van der Waals surface area contributed by atoms with Crippen molar-refractivity contribution in [2.75, 3.05) is 14.2 Å². The summed E-state index contributed by atoms with van der Waals surface area (Å²) in [4.78, 5) is 11.0. The zero-order valence-corrected chi connectivity index (χ0v) is 9.97. The first kappa shape index (κ1) is 13.4. The van der Waals surface area contributed by atoms with E-state index in [4.69, 9.17) is 14.2 Å². The van der Waals surface area contributed by atoms with Gasteiger partial charge in [-0.05, 0) is 6.92 Å². The molecule has 6 nitrogen and oxygen atoms in total. The molecular weight excluding hydrogens is 214 g/mol. The first-order valence-corrected chi connectivity index (χ1v) is 5.17. The maximum atomic E-state index is 11.0. The summed E-state index contributed by atoms with van der Waals surface area (Å²) in [5.74, 6) is -0.251. The van der Waals surface area contributed by atoms with Crippen LogP contribution in [0.15, 0.2) is 0 Å². The van der Waals surface area contributed by atoms with Crippen molar-refractivity contribution >= 4 is 5.91 Å². The number of hydrogen-bond donors (Lipinski definition) is 2. The lowest BCUT2D eigenvalue weighted by atomic mass is 9.97. The molecule has 1 aliphatic rings. The van der Waals surface area contributed by atoms with Crippen LogP contribution in [0.1, 0.15) is 13.8 Å². The Labute approximate surface area is 94.9 Å². The van der Waals surface area contributed by atoms with Gasteiger partial charge in [0.2, 0.25) is 5.91 Å². The molecule has 0 saturated carbocycles. The van der Waals surface area contributed by atoms with E-state index >= 15 is 0 Å². The fourth-order valence-electron chi connectivity index (χ4n) is 1.94. The van der Waals surface area contributed by atoms with E-state index in [1.54, 1.807) is 6.92 Å². The number of rotatable bonds is 3. The van der Waals surface area contributed by atoms with Crippen LogP contribution in [0, 0.1) is 0 Å². The molecule has 5 unspecified atom stereocenters. The smallest absolute Gasteiger partial charge is 0.217 e. The van der Waals surface area contributed by atoms with E-state index in [1.165, 1.54) is 21.1 Å². The first-order chi connectivity index (χ1) is 7.51. The van der Waals surface area contributed by atoms with Crippen molar-refractivity contribution in [2.24, 2.45) is 0 Å². The fraction of sp³-hybridized carbons (Fsp3) is 0.900. The molecule has 0 spiro atoms. The van der Waals surface area contributed by atoms with Gasteiger partial charge in [0.25, 0.3) is 0 Å². The average molecular weight is 233 g/mol. The Morgan fingerprint density at radius 2 is 2.00 bits per heavy atom. The van der Waals surface area contributed by atoms with E-state index in [0.29, 0.717) is 0 Å². The number of amides is 1. The number of nitrogens with one attached hydrogen (secondary N) is 1. The second-order valence-electron chi connectivity index (χ2n) is 3.86. The molecule has 1 fully saturated rings. The molecule has 1 heterocycles. The number of hydrogen-bond acceptors (Lipinski definition) is 5. The Balaban J connectivity index is 2.79. The number of ether oxygens (including phenoxy) is 3. The van der Waals surface area contributed by atoms with Crippen molar-refractivity contribution in [1.29, 1.82) is 0 Å². The normalized spacial score (nSPS) is 39.4. The minimum absolute atomic E-state index is 0.251. The molecule has 0 radical (unpaired) electrons. The quantitative estimate of drug-likeness (QED) is 0.671. The average Bonchev–Trinajstić information content (AvgIpc) is 2.22. The van der Waals surface area contributed by atoms with Crippen LogP contribution < -0.4 is 5.32 Å². The zero-order valence-electron chi connectivity index (χ0n) is 9.97. The largest absolute Gasteiger partial charge is 0.388 e. The molecule has 0 aliphatic carbocycles. The summed E-state index contributed by atoms with van der Waals surface area (Å²) < 4.78 is 15.7. The maximum absolute atomic E-state index is 11.0. The van der Waals surface area contributed by atoms with Gasteiger partial charge in [-0.3, -0.25) is 4.79 Å². The summed E-state index contributed by atoms with van der Waals surface area (Å²) >= 11 is 0. The highest BCUT2D eigenvalue weighted by atomic mass is 16.7. The maximum Gasteiger partial charge on any atom is 0.217 e. The minimum Gasteiger partial charge on any atom is -0.388 e. The van der Waals surface area contributed by atoms with Crippen LogP contribution in [0.25, 0.3) is 0 Å². The topological polar surface area (TPSA) is 77.0 Å². The third-order valence-corrected chi connectivity index (χ3v) is 2.68. The van der Waals surface area contributed by atoms with Crippen LogP contribution in [0.4, 0.5) is 0 Å². The summed E-state index contributed by atoms with van der Waals surface area (Å²) in [6, 6.07) is -0.622. The van der Waals surface area contributed by atoms with Gasteiger partial charge in [0.1, 0.15) is 18.2 Å². The Bertz CT molecular complexity index is 247. The van der Waals surface area contributed by atoms with Crippen LogP contribution in [0.5, 0.6) is 0 Å². The second-order valence-corrected chi connectivity index (χ2v) is 3.86. The highest BCUT2D eigenvalue weighted by Crippen LogP contribution is 2.23. The van der Waals surface area contributed by atoms with E-state index in [1.807, 2.05) is 0 Å². The van der Waals surface area contributed by atoms with Crippen LogP contribution in [-0.4, -0.2) is 55.9 Å². The molecule has 6 heteroatoms. The molecule has 1 saturated heterocycles. The van der Waals surface area contributed by atoms with Gasteiger partial charge >= 0.3 is 0 Å². The van der Waals surface area contributed by atoms with Crippen LogP contribution in [0.2, 0.25) is 0 Å². The third kappa shape index (κ3) is 2.70. The van der Waals surface area contributed by atoms with Gasteiger partial charge in [0, 0.05) is 21.1 Å². The second kappa shape index (κ2) is 5.58. The predicted molar refractivity (Wildman–Crippen MR) is 55.8 cm³/mol. The van der Waals surface area contributed by atoms with Gasteiger partial charge in [0.05, 0.1) is 6.10 Å². The van der Waals surface area contributed by atoms with Gasteiger partial charge in [-0.25, -0.2) is 0 Å². The number of carbonyl (C=O) groups is 1. The van der Waals surface area contributed by atoms with Crippen LogP contribution in [0.3, 0.4) is 0 Å². The van der Waals surface area contributed by atoms with Crippen molar-refractivity contribution in [3.63, 3.8) is 0 Å². The number of aliphatic hydroxyl groups is 1. The molecule has 0 aromatic rings. The zero-order chi connectivity index (χ0) is 12.3. The van der Waals surface area contributed by atoms with E-state index in [9.17, 15) is 9.90 Å². The lowest BCUT2D eigenvalue weighted by molar-refractivity contribution is -0.256. The molecule has 0 bridgehead atoms. The molecule has 5 atom stereocenters. The van der Waals surface area contributed by atoms with Crippen LogP contribution in [-0.2, 0) is 19.0 Å².